The second-order valence-corrected chi connectivity index (χ2v) is 3.63. The molecule has 0 saturated carbocycles. The SMILES string of the molecule is C=C/C(=C\N(C)C)C(=N)/C(C)=C(\C)NC. The summed E-state index contributed by atoms with van der Waals surface area (Å²) in [5.41, 5.74) is 3.27. The van der Waals surface area contributed by atoms with E-state index in [0.717, 1.165) is 16.8 Å². The first-order valence-electron chi connectivity index (χ1n) is 4.89. The van der Waals surface area contributed by atoms with Crippen molar-refractivity contribution in [2.75, 3.05) is 21.1 Å². The van der Waals surface area contributed by atoms with Gasteiger partial charge in [-0.3, -0.25) is 5.41 Å². The van der Waals surface area contributed by atoms with Crippen molar-refractivity contribution in [2.24, 2.45) is 0 Å². The van der Waals surface area contributed by atoms with Crippen LogP contribution in [0.15, 0.2) is 35.7 Å². The molecule has 0 heterocycles. The second kappa shape index (κ2) is 6.06. The highest BCUT2D eigenvalue weighted by molar-refractivity contribution is 6.11. The zero-order chi connectivity index (χ0) is 12.0. The van der Waals surface area contributed by atoms with Crippen molar-refractivity contribution >= 4 is 5.71 Å². The first kappa shape index (κ1) is 13.5. The van der Waals surface area contributed by atoms with Gasteiger partial charge in [0.15, 0.2) is 0 Å². The fourth-order valence-corrected chi connectivity index (χ4v) is 1.09. The Morgan fingerprint density at radius 2 is 1.87 bits per heavy atom. The molecular formula is C12H21N3. The summed E-state index contributed by atoms with van der Waals surface area (Å²) in [4.78, 5) is 1.91. The van der Waals surface area contributed by atoms with Gasteiger partial charge in [-0.1, -0.05) is 12.7 Å². The van der Waals surface area contributed by atoms with E-state index in [1.165, 1.54) is 0 Å². The maximum Gasteiger partial charge on any atom is 0.0672 e. The summed E-state index contributed by atoms with van der Waals surface area (Å²) in [6, 6.07) is 0. The number of nitrogens with one attached hydrogen (secondary N) is 2. The van der Waals surface area contributed by atoms with Crippen LogP contribution in [0.2, 0.25) is 0 Å². The highest BCUT2D eigenvalue weighted by Crippen LogP contribution is 2.10. The van der Waals surface area contributed by atoms with Crippen molar-refractivity contribution < 1.29 is 0 Å². The van der Waals surface area contributed by atoms with Gasteiger partial charge in [0.1, 0.15) is 0 Å². The van der Waals surface area contributed by atoms with E-state index < -0.39 is 0 Å². The Balaban J connectivity index is 5.07. The van der Waals surface area contributed by atoms with Crippen molar-refractivity contribution in [3.63, 3.8) is 0 Å². The average molecular weight is 207 g/mol. The van der Waals surface area contributed by atoms with Gasteiger partial charge >= 0.3 is 0 Å². The molecule has 84 valence electrons. The molecule has 0 unspecified atom stereocenters. The van der Waals surface area contributed by atoms with Gasteiger partial charge in [0, 0.05) is 38.6 Å². The van der Waals surface area contributed by atoms with Gasteiger partial charge in [0.25, 0.3) is 0 Å². The molecule has 0 aromatic carbocycles. The zero-order valence-corrected chi connectivity index (χ0v) is 10.3. The molecular weight excluding hydrogens is 186 g/mol. The summed E-state index contributed by atoms with van der Waals surface area (Å²) in [5.74, 6) is 0. The van der Waals surface area contributed by atoms with Gasteiger partial charge in [0.2, 0.25) is 0 Å². The zero-order valence-electron chi connectivity index (χ0n) is 10.3. The first-order valence-corrected chi connectivity index (χ1v) is 4.89. The molecule has 0 saturated heterocycles. The molecule has 2 N–H and O–H groups in total. The summed E-state index contributed by atoms with van der Waals surface area (Å²) >= 11 is 0. The van der Waals surface area contributed by atoms with E-state index in [9.17, 15) is 0 Å². The topological polar surface area (TPSA) is 39.1 Å². The van der Waals surface area contributed by atoms with Crippen LogP contribution in [0, 0.1) is 5.41 Å². The Kier molecular flexibility index (Phi) is 5.45. The van der Waals surface area contributed by atoms with E-state index in [2.05, 4.69) is 11.9 Å². The number of hydrogen-bond acceptors (Lipinski definition) is 3. The maximum atomic E-state index is 8.01. The van der Waals surface area contributed by atoms with Crippen molar-refractivity contribution in [3.05, 3.63) is 35.7 Å². The maximum absolute atomic E-state index is 8.01. The standard InChI is InChI=1S/C12H21N3/c1-7-11(8-15(5)6)12(13)9(2)10(3)14-4/h7-8,13-14H,1H2,2-6H3/b10-9+,11-8+,13-12?. The number of hydrogen-bond donors (Lipinski definition) is 2. The summed E-state index contributed by atoms with van der Waals surface area (Å²) in [7, 11) is 5.72. The first-order chi connectivity index (χ1) is 6.93. The van der Waals surface area contributed by atoms with Crippen molar-refractivity contribution in [1.82, 2.24) is 10.2 Å². The molecule has 0 amide bonds. The van der Waals surface area contributed by atoms with Crippen LogP contribution >= 0.6 is 0 Å². The van der Waals surface area contributed by atoms with Crippen molar-refractivity contribution in [2.45, 2.75) is 13.8 Å². The highest BCUT2D eigenvalue weighted by Gasteiger charge is 2.06. The lowest BCUT2D eigenvalue weighted by Crippen LogP contribution is -2.13. The molecule has 0 rings (SSSR count). The Hall–Kier alpha value is -1.51. The fourth-order valence-electron chi connectivity index (χ4n) is 1.09. The lowest BCUT2D eigenvalue weighted by molar-refractivity contribution is 0.562. The summed E-state index contributed by atoms with van der Waals surface area (Å²) in [6.45, 7) is 7.61. The predicted molar refractivity (Wildman–Crippen MR) is 67.1 cm³/mol. The molecule has 15 heavy (non-hydrogen) atoms. The minimum atomic E-state index is 0.505. The van der Waals surface area contributed by atoms with E-state index in [4.69, 9.17) is 5.41 Å². The van der Waals surface area contributed by atoms with Gasteiger partial charge < -0.3 is 10.2 Å². The molecule has 0 aromatic rings. The molecule has 0 radical (unpaired) electrons. The van der Waals surface area contributed by atoms with Crippen molar-refractivity contribution in [1.29, 1.82) is 5.41 Å². The van der Waals surface area contributed by atoms with E-state index in [0.29, 0.717) is 5.71 Å². The third-order valence-electron chi connectivity index (χ3n) is 2.22. The number of allylic oxidation sites excluding steroid dienone is 4. The normalized spacial score (nSPS) is 13.0. The fraction of sp³-hybridized carbons (Fsp3) is 0.417. The van der Waals surface area contributed by atoms with Gasteiger partial charge in [-0.25, -0.2) is 0 Å². The van der Waals surface area contributed by atoms with Crippen LogP contribution in [0.25, 0.3) is 0 Å². The Morgan fingerprint density at radius 1 is 1.33 bits per heavy atom. The van der Waals surface area contributed by atoms with Gasteiger partial charge in [-0.2, -0.15) is 0 Å². The summed E-state index contributed by atoms with van der Waals surface area (Å²) < 4.78 is 0. The molecule has 0 aromatic heterocycles. The quantitative estimate of drug-likeness (QED) is 0.535. The minimum Gasteiger partial charge on any atom is -0.391 e. The van der Waals surface area contributed by atoms with Gasteiger partial charge in [-0.05, 0) is 19.4 Å². The smallest absolute Gasteiger partial charge is 0.0672 e. The molecule has 3 heteroatoms. The van der Waals surface area contributed by atoms with Crippen LogP contribution in [0.3, 0.4) is 0 Å². The van der Waals surface area contributed by atoms with Crippen LogP contribution in [-0.4, -0.2) is 31.8 Å². The highest BCUT2D eigenvalue weighted by atomic mass is 15.0. The third kappa shape index (κ3) is 4.02. The third-order valence-corrected chi connectivity index (χ3v) is 2.22. The summed E-state index contributed by atoms with van der Waals surface area (Å²) in [5, 5.41) is 11.1. The lowest BCUT2D eigenvalue weighted by Gasteiger charge is -2.12. The Labute approximate surface area is 92.7 Å². The van der Waals surface area contributed by atoms with Crippen LogP contribution in [0.1, 0.15) is 13.8 Å². The molecule has 0 atom stereocenters. The Bertz CT molecular complexity index is 309. The van der Waals surface area contributed by atoms with Gasteiger partial charge in [0.05, 0.1) is 5.71 Å². The average Bonchev–Trinajstić information content (AvgIpc) is 2.22. The molecule has 0 bridgehead atoms. The van der Waals surface area contributed by atoms with Crippen molar-refractivity contribution in [3.8, 4) is 0 Å². The monoisotopic (exact) mass is 207 g/mol. The molecule has 3 nitrogen and oxygen atoms in total. The Morgan fingerprint density at radius 3 is 2.20 bits per heavy atom. The van der Waals surface area contributed by atoms with Crippen LogP contribution < -0.4 is 5.32 Å². The summed E-state index contributed by atoms with van der Waals surface area (Å²) in [6.07, 6.45) is 3.59. The molecule has 0 spiro atoms. The van der Waals surface area contributed by atoms with E-state index in [-0.39, 0.29) is 0 Å². The molecule has 0 aliphatic carbocycles. The number of nitrogens with zero attached hydrogens (tertiary/aromatic N) is 1. The lowest BCUT2D eigenvalue weighted by atomic mass is 10.0. The van der Waals surface area contributed by atoms with Crippen LogP contribution in [-0.2, 0) is 0 Å². The van der Waals surface area contributed by atoms with Gasteiger partial charge in [-0.15, -0.1) is 0 Å². The van der Waals surface area contributed by atoms with Crippen LogP contribution in [0.4, 0.5) is 0 Å². The predicted octanol–water partition coefficient (Wildman–Crippen LogP) is 2.15. The van der Waals surface area contributed by atoms with Crippen LogP contribution in [0.5, 0.6) is 0 Å². The van der Waals surface area contributed by atoms with E-state index >= 15 is 0 Å². The largest absolute Gasteiger partial charge is 0.391 e. The molecule has 0 aliphatic rings. The van der Waals surface area contributed by atoms with E-state index in [1.807, 2.05) is 46.1 Å². The minimum absolute atomic E-state index is 0.505. The van der Waals surface area contributed by atoms with E-state index in [1.54, 1.807) is 6.08 Å². The molecule has 0 fully saturated rings. The second-order valence-electron chi connectivity index (χ2n) is 3.63. The molecule has 0 aliphatic heterocycles. The number of rotatable bonds is 5.